The minimum Gasteiger partial charge on any atom is -0.480 e. The first-order chi connectivity index (χ1) is 9.27. The van der Waals surface area contributed by atoms with Crippen LogP contribution in [0, 0.1) is 0 Å². The molecule has 1 unspecified atom stereocenters. The van der Waals surface area contributed by atoms with Gasteiger partial charge in [0.05, 0.1) is 0 Å². The molecular weight excluding hydrogens is 260 g/mol. The summed E-state index contributed by atoms with van der Waals surface area (Å²) in [6.45, 7) is 4.39. The lowest BCUT2D eigenvalue weighted by atomic mass is 10.1. The zero-order valence-electron chi connectivity index (χ0n) is 11.2. The summed E-state index contributed by atoms with van der Waals surface area (Å²) in [6.07, 6.45) is 4.84. The van der Waals surface area contributed by atoms with Crippen molar-refractivity contribution in [1.82, 2.24) is 10.2 Å². The van der Waals surface area contributed by atoms with Gasteiger partial charge < -0.3 is 15.3 Å². The van der Waals surface area contributed by atoms with E-state index in [1.165, 1.54) is 37.3 Å². The van der Waals surface area contributed by atoms with Crippen molar-refractivity contribution in [1.29, 1.82) is 0 Å². The van der Waals surface area contributed by atoms with Crippen LogP contribution in [0.5, 0.6) is 0 Å². The van der Waals surface area contributed by atoms with E-state index in [2.05, 4.69) is 10.2 Å². The van der Waals surface area contributed by atoms with Crippen molar-refractivity contribution in [2.75, 3.05) is 26.2 Å². The number of carbonyl (C=O) groups is 1. The molecule has 106 valence electrons. The fourth-order valence-corrected chi connectivity index (χ4v) is 3.19. The second kappa shape index (κ2) is 7.62. The van der Waals surface area contributed by atoms with Crippen molar-refractivity contribution in [2.24, 2.45) is 0 Å². The number of nitrogens with zero attached hydrogens (tertiary/aromatic N) is 1. The topological polar surface area (TPSA) is 52.6 Å². The maximum atomic E-state index is 11.2. The van der Waals surface area contributed by atoms with Crippen LogP contribution in [0.3, 0.4) is 0 Å². The van der Waals surface area contributed by atoms with E-state index in [4.69, 9.17) is 0 Å². The van der Waals surface area contributed by atoms with Gasteiger partial charge in [0.1, 0.15) is 6.04 Å². The first-order valence-corrected chi connectivity index (χ1v) is 7.92. The molecule has 1 saturated heterocycles. The number of rotatable bonds is 8. The molecule has 1 atom stereocenters. The van der Waals surface area contributed by atoms with E-state index in [9.17, 15) is 9.90 Å². The van der Waals surface area contributed by atoms with Crippen LogP contribution in [-0.4, -0.2) is 42.2 Å². The summed E-state index contributed by atoms with van der Waals surface area (Å²) in [6, 6.07) is 1.32. The van der Waals surface area contributed by atoms with Crippen LogP contribution >= 0.6 is 11.3 Å². The van der Waals surface area contributed by atoms with E-state index in [1.807, 2.05) is 16.8 Å². The Morgan fingerprint density at radius 2 is 2.21 bits per heavy atom. The molecule has 2 N–H and O–H groups in total. The summed E-state index contributed by atoms with van der Waals surface area (Å²) in [5.41, 5.74) is 0.858. The number of carboxylic acids is 1. The molecule has 0 aliphatic carbocycles. The molecule has 5 heteroatoms. The van der Waals surface area contributed by atoms with Crippen LogP contribution in [0.25, 0.3) is 0 Å². The van der Waals surface area contributed by atoms with Gasteiger partial charge in [-0.1, -0.05) is 0 Å². The average Bonchev–Trinajstić information content (AvgIpc) is 3.05. The van der Waals surface area contributed by atoms with Gasteiger partial charge in [-0.3, -0.25) is 4.79 Å². The third kappa shape index (κ3) is 4.60. The fraction of sp³-hybridized carbons (Fsp3) is 0.643. The molecule has 1 aliphatic heterocycles. The van der Waals surface area contributed by atoms with Gasteiger partial charge in [0, 0.05) is 0 Å². The van der Waals surface area contributed by atoms with Crippen LogP contribution in [0.2, 0.25) is 0 Å². The minimum absolute atomic E-state index is 0.557. The van der Waals surface area contributed by atoms with Gasteiger partial charge in [-0.05, 0) is 74.3 Å². The van der Waals surface area contributed by atoms with E-state index >= 15 is 0 Å². The van der Waals surface area contributed by atoms with E-state index in [0.29, 0.717) is 0 Å². The van der Waals surface area contributed by atoms with Crippen LogP contribution in [-0.2, 0) is 4.79 Å². The van der Waals surface area contributed by atoms with Crippen LogP contribution in [0.4, 0.5) is 0 Å². The normalized spacial score (nSPS) is 17.7. The Labute approximate surface area is 118 Å². The van der Waals surface area contributed by atoms with Gasteiger partial charge in [-0.25, -0.2) is 0 Å². The Bertz CT molecular complexity index is 375. The number of unbranched alkanes of at least 4 members (excludes halogenated alkanes) is 1. The maximum Gasteiger partial charge on any atom is 0.325 e. The van der Waals surface area contributed by atoms with Gasteiger partial charge in [0.2, 0.25) is 0 Å². The number of thiophene rings is 1. The molecule has 19 heavy (non-hydrogen) atoms. The number of hydrogen-bond acceptors (Lipinski definition) is 4. The van der Waals surface area contributed by atoms with Gasteiger partial charge in [0.25, 0.3) is 0 Å². The standard InChI is InChI=1S/C14H22N2O2S/c17-14(18)13(12-5-10-19-11-12)15-6-1-2-7-16-8-3-4-9-16/h5,10-11,13,15H,1-4,6-9H2,(H,17,18). The molecule has 1 aliphatic rings. The molecule has 0 spiro atoms. The average molecular weight is 282 g/mol. The monoisotopic (exact) mass is 282 g/mol. The molecule has 1 fully saturated rings. The Balaban J connectivity index is 1.64. The number of carboxylic acid groups (broad SMARTS) is 1. The zero-order valence-corrected chi connectivity index (χ0v) is 12.0. The lowest BCUT2D eigenvalue weighted by molar-refractivity contribution is -0.139. The van der Waals surface area contributed by atoms with Crippen molar-refractivity contribution in [3.63, 3.8) is 0 Å². The minimum atomic E-state index is -0.794. The second-order valence-corrected chi connectivity index (χ2v) is 5.82. The highest BCUT2D eigenvalue weighted by Gasteiger charge is 2.19. The Morgan fingerprint density at radius 1 is 1.42 bits per heavy atom. The highest BCUT2D eigenvalue weighted by molar-refractivity contribution is 7.08. The Kier molecular flexibility index (Phi) is 5.82. The smallest absolute Gasteiger partial charge is 0.325 e. The number of aliphatic carboxylic acids is 1. The molecule has 4 nitrogen and oxygen atoms in total. The Morgan fingerprint density at radius 3 is 2.84 bits per heavy atom. The molecule has 0 amide bonds. The summed E-state index contributed by atoms with van der Waals surface area (Å²) in [4.78, 5) is 13.7. The molecule has 0 saturated carbocycles. The van der Waals surface area contributed by atoms with E-state index < -0.39 is 12.0 Å². The van der Waals surface area contributed by atoms with E-state index in [-0.39, 0.29) is 0 Å². The van der Waals surface area contributed by atoms with Crippen molar-refractivity contribution in [2.45, 2.75) is 31.7 Å². The predicted octanol–water partition coefficient (Wildman–Crippen LogP) is 2.34. The fourth-order valence-electron chi connectivity index (χ4n) is 2.50. The van der Waals surface area contributed by atoms with Crippen LogP contribution in [0.15, 0.2) is 16.8 Å². The zero-order chi connectivity index (χ0) is 13.5. The van der Waals surface area contributed by atoms with Crippen LogP contribution in [0.1, 0.15) is 37.3 Å². The third-order valence-electron chi connectivity index (χ3n) is 3.57. The lowest BCUT2D eigenvalue weighted by Gasteiger charge is -2.16. The quantitative estimate of drug-likeness (QED) is 0.719. The molecule has 2 heterocycles. The molecule has 0 bridgehead atoms. The lowest BCUT2D eigenvalue weighted by Crippen LogP contribution is -2.29. The predicted molar refractivity (Wildman–Crippen MR) is 77.6 cm³/mol. The number of likely N-dealkylation sites (tertiary alicyclic amines) is 1. The first kappa shape index (κ1) is 14.5. The van der Waals surface area contributed by atoms with Gasteiger partial charge >= 0.3 is 5.97 Å². The van der Waals surface area contributed by atoms with Crippen molar-refractivity contribution < 1.29 is 9.90 Å². The highest BCUT2D eigenvalue weighted by atomic mass is 32.1. The molecule has 1 aromatic heterocycles. The molecular formula is C14H22N2O2S. The second-order valence-electron chi connectivity index (χ2n) is 5.04. The van der Waals surface area contributed by atoms with Gasteiger partial charge in [-0.2, -0.15) is 11.3 Å². The summed E-state index contributed by atoms with van der Waals surface area (Å²) in [5, 5.41) is 16.2. The first-order valence-electron chi connectivity index (χ1n) is 6.98. The SMILES string of the molecule is O=C(O)C(NCCCCN1CCCC1)c1ccsc1. The summed E-state index contributed by atoms with van der Waals surface area (Å²) in [5.74, 6) is -0.794. The largest absolute Gasteiger partial charge is 0.480 e. The van der Waals surface area contributed by atoms with Crippen LogP contribution < -0.4 is 5.32 Å². The van der Waals surface area contributed by atoms with Crippen molar-refractivity contribution >= 4 is 17.3 Å². The van der Waals surface area contributed by atoms with Crippen molar-refractivity contribution in [3.05, 3.63) is 22.4 Å². The number of hydrogen-bond donors (Lipinski definition) is 2. The molecule has 2 rings (SSSR count). The summed E-state index contributed by atoms with van der Waals surface area (Å²) in [7, 11) is 0. The maximum absolute atomic E-state index is 11.2. The number of nitrogens with one attached hydrogen (secondary N) is 1. The highest BCUT2D eigenvalue weighted by Crippen LogP contribution is 2.16. The molecule has 0 radical (unpaired) electrons. The van der Waals surface area contributed by atoms with Crippen molar-refractivity contribution in [3.8, 4) is 0 Å². The van der Waals surface area contributed by atoms with E-state index in [1.54, 1.807) is 0 Å². The van der Waals surface area contributed by atoms with E-state index in [0.717, 1.165) is 31.5 Å². The molecule has 1 aromatic rings. The summed E-state index contributed by atoms with van der Waals surface area (Å²) >= 11 is 1.54. The Hall–Kier alpha value is -0.910. The third-order valence-corrected chi connectivity index (χ3v) is 4.27. The summed E-state index contributed by atoms with van der Waals surface area (Å²) < 4.78 is 0. The van der Waals surface area contributed by atoms with Gasteiger partial charge in [-0.15, -0.1) is 0 Å². The van der Waals surface area contributed by atoms with Gasteiger partial charge in [0.15, 0.2) is 0 Å². The molecule has 0 aromatic carbocycles.